The fourth-order valence-electron chi connectivity index (χ4n) is 2.18. The van der Waals surface area contributed by atoms with Gasteiger partial charge in [-0.25, -0.2) is 4.98 Å². The molecule has 1 unspecified atom stereocenters. The van der Waals surface area contributed by atoms with Crippen molar-refractivity contribution in [2.24, 2.45) is 5.73 Å². The van der Waals surface area contributed by atoms with Gasteiger partial charge in [0.15, 0.2) is 0 Å². The lowest BCUT2D eigenvalue weighted by molar-refractivity contribution is 0.731. The van der Waals surface area contributed by atoms with Crippen LogP contribution in [0.3, 0.4) is 0 Å². The Hall–Kier alpha value is -1.00. The van der Waals surface area contributed by atoms with Gasteiger partial charge in [-0.05, 0) is 36.8 Å². The third kappa shape index (κ3) is 3.06. The fourth-order valence-corrected chi connectivity index (χ4v) is 2.80. The van der Waals surface area contributed by atoms with Gasteiger partial charge in [-0.3, -0.25) is 0 Å². The summed E-state index contributed by atoms with van der Waals surface area (Å²) >= 11 is 1.96. The Morgan fingerprint density at radius 2 is 2.33 bits per heavy atom. The van der Waals surface area contributed by atoms with E-state index in [1.165, 1.54) is 16.7 Å². The van der Waals surface area contributed by atoms with Crippen molar-refractivity contribution in [3.05, 3.63) is 30.1 Å². The molecular weight excluding hydrogens is 242 g/mol. The Morgan fingerprint density at radius 1 is 1.50 bits per heavy atom. The van der Waals surface area contributed by atoms with Crippen molar-refractivity contribution < 1.29 is 0 Å². The van der Waals surface area contributed by atoms with Crippen molar-refractivity contribution in [1.82, 2.24) is 9.55 Å². The molecule has 0 amide bonds. The summed E-state index contributed by atoms with van der Waals surface area (Å²) < 4.78 is 2.26. The highest BCUT2D eigenvalue weighted by Gasteiger charge is 2.10. The van der Waals surface area contributed by atoms with Gasteiger partial charge in [0.25, 0.3) is 0 Å². The predicted octanol–water partition coefficient (Wildman–Crippen LogP) is 2.68. The molecule has 2 aromatic rings. The van der Waals surface area contributed by atoms with Crippen LogP contribution in [0, 0.1) is 0 Å². The highest BCUT2D eigenvalue weighted by atomic mass is 32.2. The molecule has 0 radical (unpaired) electrons. The molecule has 0 aliphatic carbocycles. The van der Waals surface area contributed by atoms with Crippen LogP contribution in [0.15, 0.2) is 24.5 Å². The van der Waals surface area contributed by atoms with Crippen LogP contribution in [0.25, 0.3) is 11.0 Å². The highest BCUT2D eigenvalue weighted by molar-refractivity contribution is 7.99. The summed E-state index contributed by atoms with van der Waals surface area (Å²) in [4.78, 5) is 4.50. The second-order valence-corrected chi connectivity index (χ2v) is 5.99. The molecule has 4 heteroatoms. The maximum atomic E-state index is 5.91. The van der Waals surface area contributed by atoms with Crippen LogP contribution in [0.2, 0.25) is 0 Å². The molecule has 2 N–H and O–H groups in total. The van der Waals surface area contributed by atoms with Crippen LogP contribution in [0.5, 0.6) is 0 Å². The molecule has 2 rings (SSSR count). The molecule has 0 saturated heterocycles. The normalized spacial score (nSPS) is 13.1. The molecule has 2 aromatic heterocycles. The molecule has 1 atom stereocenters. The monoisotopic (exact) mass is 263 g/mol. The average molecular weight is 263 g/mol. The molecule has 2 heterocycles. The smallest absolute Gasteiger partial charge is 0.140 e. The summed E-state index contributed by atoms with van der Waals surface area (Å²) in [5, 5.41) is 1.25. The maximum Gasteiger partial charge on any atom is 0.140 e. The number of hydrogen-bond acceptors (Lipinski definition) is 3. The first-order valence-electron chi connectivity index (χ1n) is 6.48. The van der Waals surface area contributed by atoms with Crippen molar-refractivity contribution in [2.75, 3.05) is 11.5 Å². The lowest BCUT2D eigenvalue weighted by Gasteiger charge is -2.03. The Morgan fingerprint density at radius 3 is 3.06 bits per heavy atom. The molecule has 0 bridgehead atoms. The first kappa shape index (κ1) is 13.4. The first-order valence-corrected chi connectivity index (χ1v) is 7.64. The molecular formula is C14H21N3S. The number of fused-ring (bicyclic) bond motifs is 1. The summed E-state index contributed by atoms with van der Waals surface area (Å²) in [5.74, 6) is 2.30. The van der Waals surface area contributed by atoms with Crippen molar-refractivity contribution in [3.63, 3.8) is 0 Å². The van der Waals surface area contributed by atoms with E-state index >= 15 is 0 Å². The maximum absolute atomic E-state index is 5.91. The molecule has 0 fully saturated rings. The largest absolute Gasteiger partial charge is 0.331 e. The lowest BCUT2D eigenvalue weighted by atomic mass is 10.1. The number of aryl methyl sites for hydroxylation is 1. The zero-order chi connectivity index (χ0) is 13.0. The number of thioether (sulfide) groups is 1. The van der Waals surface area contributed by atoms with Gasteiger partial charge in [0.1, 0.15) is 5.65 Å². The Balaban J connectivity index is 2.29. The summed E-state index contributed by atoms with van der Waals surface area (Å²) in [5.41, 5.74) is 8.31. The van der Waals surface area contributed by atoms with Crippen LogP contribution >= 0.6 is 11.8 Å². The standard InChI is InChI=1S/C14H21N3S/c1-3-18-8-7-17-10-12(9-11(2)15)13-5-4-6-16-14(13)17/h4-6,10-11H,3,7-9,15H2,1-2H3. The molecule has 3 nitrogen and oxygen atoms in total. The third-order valence-corrected chi connectivity index (χ3v) is 3.82. The zero-order valence-electron chi connectivity index (χ0n) is 11.1. The van der Waals surface area contributed by atoms with E-state index in [-0.39, 0.29) is 6.04 Å². The molecule has 0 saturated carbocycles. The average Bonchev–Trinajstić information content (AvgIpc) is 2.68. The Bertz CT molecular complexity index is 505. The van der Waals surface area contributed by atoms with Gasteiger partial charge in [0.2, 0.25) is 0 Å². The summed E-state index contributed by atoms with van der Waals surface area (Å²) in [6.45, 7) is 5.26. The van der Waals surface area contributed by atoms with Crippen molar-refractivity contribution >= 4 is 22.8 Å². The molecule has 0 aliphatic heterocycles. The minimum Gasteiger partial charge on any atom is -0.331 e. The number of aromatic nitrogens is 2. The summed E-state index contributed by atoms with van der Waals surface area (Å²) in [7, 11) is 0. The Kier molecular flexibility index (Phi) is 4.66. The van der Waals surface area contributed by atoms with Crippen LogP contribution < -0.4 is 5.73 Å². The van der Waals surface area contributed by atoms with E-state index in [0.717, 1.165) is 24.4 Å². The van der Waals surface area contributed by atoms with Gasteiger partial charge in [-0.1, -0.05) is 6.92 Å². The SMILES string of the molecule is CCSCCn1cc(CC(C)N)c2cccnc21. The predicted molar refractivity (Wildman–Crippen MR) is 80.1 cm³/mol. The van der Waals surface area contributed by atoms with Crippen LogP contribution in [0.4, 0.5) is 0 Å². The van der Waals surface area contributed by atoms with Gasteiger partial charge in [0, 0.05) is 36.1 Å². The molecule has 0 aliphatic rings. The number of pyridine rings is 1. The quantitative estimate of drug-likeness (QED) is 0.815. The topological polar surface area (TPSA) is 43.8 Å². The van der Waals surface area contributed by atoms with Crippen molar-refractivity contribution in [3.8, 4) is 0 Å². The Labute approximate surface area is 113 Å². The summed E-state index contributed by atoms with van der Waals surface area (Å²) in [6.07, 6.45) is 4.99. The van der Waals surface area contributed by atoms with Crippen LogP contribution in [0.1, 0.15) is 19.4 Å². The van der Waals surface area contributed by atoms with Gasteiger partial charge < -0.3 is 10.3 Å². The van der Waals surface area contributed by atoms with E-state index in [1.807, 2.05) is 30.9 Å². The number of hydrogen-bond donors (Lipinski definition) is 1. The molecule has 98 valence electrons. The number of nitrogens with two attached hydrogens (primary N) is 1. The summed E-state index contributed by atoms with van der Waals surface area (Å²) in [6, 6.07) is 4.33. The van der Waals surface area contributed by atoms with Gasteiger partial charge in [-0.2, -0.15) is 11.8 Å². The van der Waals surface area contributed by atoms with Crippen LogP contribution in [-0.2, 0) is 13.0 Å². The van der Waals surface area contributed by atoms with Crippen LogP contribution in [-0.4, -0.2) is 27.1 Å². The van der Waals surface area contributed by atoms with Gasteiger partial charge >= 0.3 is 0 Å². The van der Waals surface area contributed by atoms with E-state index in [2.05, 4.69) is 28.7 Å². The van der Waals surface area contributed by atoms with E-state index in [4.69, 9.17) is 5.73 Å². The molecule has 0 spiro atoms. The minimum absolute atomic E-state index is 0.189. The first-order chi connectivity index (χ1) is 8.72. The van der Waals surface area contributed by atoms with Gasteiger partial charge in [-0.15, -0.1) is 0 Å². The number of nitrogens with zero attached hydrogens (tertiary/aromatic N) is 2. The van der Waals surface area contributed by atoms with E-state index in [0.29, 0.717) is 0 Å². The van der Waals surface area contributed by atoms with Crippen molar-refractivity contribution in [1.29, 1.82) is 0 Å². The second kappa shape index (κ2) is 6.25. The third-order valence-electron chi connectivity index (χ3n) is 2.94. The fraction of sp³-hybridized carbons (Fsp3) is 0.500. The molecule has 0 aromatic carbocycles. The number of rotatable bonds is 6. The second-order valence-electron chi connectivity index (χ2n) is 4.60. The zero-order valence-corrected chi connectivity index (χ0v) is 11.9. The van der Waals surface area contributed by atoms with Crippen molar-refractivity contribution in [2.45, 2.75) is 32.9 Å². The highest BCUT2D eigenvalue weighted by Crippen LogP contribution is 2.21. The molecule has 18 heavy (non-hydrogen) atoms. The van der Waals surface area contributed by atoms with E-state index in [9.17, 15) is 0 Å². The minimum atomic E-state index is 0.189. The lowest BCUT2D eigenvalue weighted by Crippen LogP contribution is -2.17. The van der Waals surface area contributed by atoms with Gasteiger partial charge in [0.05, 0.1) is 0 Å². The van der Waals surface area contributed by atoms with E-state index in [1.54, 1.807) is 0 Å². The van der Waals surface area contributed by atoms with E-state index < -0.39 is 0 Å².